The molecule has 0 N–H and O–H groups in total. The van der Waals surface area contributed by atoms with Crippen molar-refractivity contribution < 1.29 is 14.3 Å². The minimum absolute atomic E-state index is 0.0232. The number of amides is 1. The standard InChI is InChI=1S/C14H17Br2NO3/c1-3-5-17(9-13(18)20-4-2)14(19)10-6-11(15)8-12(16)7-10/h6-8H,3-5,9H2,1-2H3. The first-order valence-electron chi connectivity index (χ1n) is 6.38. The van der Waals surface area contributed by atoms with Gasteiger partial charge in [0, 0.05) is 21.1 Å². The molecular formula is C14H17Br2NO3. The number of esters is 1. The van der Waals surface area contributed by atoms with Crippen LogP contribution >= 0.6 is 31.9 Å². The molecule has 20 heavy (non-hydrogen) atoms. The first-order chi connectivity index (χ1) is 9.47. The Morgan fingerprint density at radius 1 is 1.15 bits per heavy atom. The summed E-state index contributed by atoms with van der Waals surface area (Å²) in [5, 5.41) is 0. The number of hydrogen-bond acceptors (Lipinski definition) is 3. The van der Waals surface area contributed by atoms with Crippen molar-refractivity contribution >= 4 is 43.7 Å². The molecule has 0 spiro atoms. The molecule has 0 saturated carbocycles. The van der Waals surface area contributed by atoms with Gasteiger partial charge in [-0.25, -0.2) is 0 Å². The smallest absolute Gasteiger partial charge is 0.325 e. The van der Waals surface area contributed by atoms with Crippen LogP contribution in [0.5, 0.6) is 0 Å². The molecule has 0 radical (unpaired) electrons. The molecule has 0 heterocycles. The van der Waals surface area contributed by atoms with Crippen LogP contribution in [0.2, 0.25) is 0 Å². The van der Waals surface area contributed by atoms with Gasteiger partial charge in [0.25, 0.3) is 5.91 Å². The quantitative estimate of drug-likeness (QED) is 0.677. The van der Waals surface area contributed by atoms with Gasteiger partial charge in [0.2, 0.25) is 0 Å². The molecule has 0 atom stereocenters. The summed E-state index contributed by atoms with van der Waals surface area (Å²) in [6.45, 7) is 4.51. The van der Waals surface area contributed by atoms with Crippen LogP contribution in [-0.2, 0) is 9.53 Å². The number of nitrogens with zero attached hydrogens (tertiary/aromatic N) is 1. The minimum Gasteiger partial charge on any atom is -0.465 e. The van der Waals surface area contributed by atoms with E-state index in [9.17, 15) is 9.59 Å². The molecule has 1 aromatic carbocycles. The second-order valence-electron chi connectivity index (χ2n) is 4.19. The van der Waals surface area contributed by atoms with Gasteiger partial charge in [0.15, 0.2) is 0 Å². The van der Waals surface area contributed by atoms with E-state index in [1.807, 2.05) is 13.0 Å². The van der Waals surface area contributed by atoms with Gasteiger partial charge in [-0.05, 0) is 31.5 Å². The SMILES string of the molecule is CCCN(CC(=O)OCC)C(=O)c1cc(Br)cc(Br)c1. The average molecular weight is 407 g/mol. The van der Waals surface area contributed by atoms with E-state index in [1.54, 1.807) is 19.1 Å². The van der Waals surface area contributed by atoms with Crippen molar-refractivity contribution in [1.29, 1.82) is 0 Å². The number of rotatable bonds is 6. The van der Waals surface area contributed by atoms with Gasteiger partial charge in [-0.15, -0.1) is 0 Å². The second kappa shape index (κ2) is 8.42. The molecule has 1 rings (SSSR count). The summed E-state index contributed by atoms with van der Waals surface area (Å²) in [6.07, 6.45) is 0.778. The minimum atomic E-state index is -0.386. The first-order valence-corrected chi connectivity index (χ1v) is 7.97. The molecule has 0 saturated heterocycles. The highest BCUT2D eigenvalue weighted by Gasteiger charge is 2.19. The fourth-order valence-corrected chi connectivity index (χ4v) is 3.04. The maximum absolute atomic E-state index is 12.5. The van der Waals surface area contributed by atoms with E-state index in [0.29, 0.717) is 18.7 Å². The lowest BCUT2D eigenvalue weighted by atomic mass is 10.2. The summed E-state index contributed by atoms with van der Waals surface area (Å²) >= 11 is 6.71. The van der Waals surface area contributed by atoms with Crippen molar-refractivity contribution in [1.82, 2.24) is 4.90 Å². The predicted octanol–water partition coefficient (Wildman–Crippen LogP) is 3.63. The zero-order valence-electron chi connectivity index (χ0n) is 11.5. The van der Waals surface area contributed by atoms with E-state index in [2.05, 4.69) is 31.9 Å². The number of carbonyl (C=O) groups is 2. The predicted molar refractivity (Wildman–Crippen MR) is 84.7 cm³/mol. The Balaban J connectivity index is 2.89. The molecule has 0 fully saturated rings. The van der Waals surface area contributed by atoms with Gasteiger partial charge in [0.05, 0.1) is 6.61 Å². The van der Waals surface area contributed by atoms with Crippen molar-refractivity contribution in [3.8, 4) is 0 Å². The molecule has 4 nitrogen and oxygen atoms in total. The zero-order valence-corrected chi connectivity index (χ0v) is 14.7. The van der Waals surface area contributed by atoms with Crippen molar-refractivity contribution in [3.63, 3.8) is 0 Å². The van der Waals surface area contributed by atoms with Crippen LogP contribution in [0.1, 0.15) is 30.6 Å². The van der Waals surface area contributed by atoms with Crippen molar-refractivity contribution in [2.45, 2.75) is 20.3 Å². The van der Waals surface area contributed by atoms with Crippen LogP contribution in [0.25, 0.3) is 0 Å². The fraction of sp³-hybridized carbons (Fsp3) is 0.429. The topological polar surface area (TPSA) is 46.6 Å². The largest absolute Gasteiger partial charge is 0.465 e. The zero-order chi connectivity index (χ0) is 15.1. The molecule has 0 aliphatic carbocycles. The average Bonchev–Trinajstić information content (AvgIpc) is 2.36. The van der Waals surface area contributed by atoms with Crippen LogP contribution in [0.4, 0.5) is 0 Å². The summed E-state index contributed by atoms with van der Waals surface area (Å²) in [5.41, 5.74) is 0.531. The molecule has 0 unspecified atom stereocenters. The van der Waals surface area contributed by atoms with Gasteiger partial charge in [0.1, 0.15) is 6.54 Å². The molecule has 1 aromatic rings. The molecule has 0 aliphatic heterocycles. The molecule has 110 valence electrons. The maximum Gasteiger partial charge on any atom is 0.325 e. The maximum atomic E-state index is 12.5. The van der Waals surface area contributed by atoms with E-state index in [0.717, 1.165) is 15.4 Å². The number of hydrogen-bond donors (Lipinski definition) is 0. The fourth-order valence-electron chi connectivity index (χ4n) is 1.74. The highest BCUT2D eigenvalue weighted by molar-refractivity contribution is 9.11. The van der Waals surface area contributed by atoms with E-state index in [4.69, 9.17) is 4.74 Å². The molecular weight excluding hydrogens is 390 g/mol. The Morgan fingerprint density at radius 3 is 2.25 bits per heavy atom. The molecule has 0 aromatic heterocycles. The third-order valence-electron chi connectivity index (χ3n) is 2.52. The molecule has 0 bridgehead atoms. The van der Waals surface area contributed by atoms with Crippen molar-refractivity contribution in [2.75, 3.05) is 19.7 Å². The van der Waals surface area contributed by atoms with Crippen LogP contribution in [0.15, 0.2) is 27.1 Å². The van der Waals surface area contributed by atoms with Crippen LogP contribution < -0.4 is 0 Å². The highest BCUT2D eigenvalue weighted by atomic mass is 79.9. The summed E-state index contributed by atoms with van der Waals surface area (Å²) < 4.78 is 6.52. The summed E-state index contributed by atoms with van der Waals surface area (Å²) in [6, 6.07) is 5.33. The van der Waals surface area contributed by atoms with E-state index < -0.39 is 0 Å². The Morgan fingerprint density at radius 2 is 1.75 bits per heavy atom. The van der Waals surface area contributed by atoms with Gasteiger partial charge >= 0.3 is 5.97 Å². The third kappa shape index (κ3) is 5.25. The van der Waals surface area contributed by atoms with Crippen LogP contribution in [-0.4, -0.2) is 36.5 Å². The Labute approximate surface area is 135 Å². The summed E-state index contributed by atoms with van der Waals surface area (Å²) in [7, 11) is 0. The number of carbonyl (C=O) groups excluding carboxylic acids is 2. The Bertz CT molecular complexity index is 471. The molecule has 0 aliphatic rings. The lowest BCUT2D eigenvalue weighted by molar-refractivity contribution is -0.143. The van der Waals surface area contributed by atoms with Gasteiger partial charge in [-0.3, -0.25) is 9.59 Å². The molecule has 6 heteroatoms. The number of benzene rings is 1. The summed E-state index contributed by atoms with van der Waals surface area (Å²) in [5.74, 6) is -0.565. The van der Waals surface area contributed by atoms with E-state index in [-0.39, 0.29) is 18.4 Å². The number of ether oxygens (including phenoxy) is 1. The van der Waals surface area contributed by atoms with E-state index in [1.165, 1.54) is 4.90 Å². The van der Waals surface area contributed by atoms with Gasteiger partial charge in [-0.1, -0.05) is 38.8 Å². The second-order valence-corrected chi connectivity index (χ2v) is 6.02. The highest BCUT2D eigenvalue weighted by Crippen LogP contribution is 2.21. The normalized spacial score (nSPS) is 10.2. The Hall–Kier alpha value is -0.880. The van der Waals surface area contributed by atoms with Crippen molar-refractivity contribution in [2.24, 2.45) is 0 Å². The monoisotopic (exact) mass is 405 g/mol. The van der Waals surface area contributed by atoms with Gasteiger partial charge in [-0.2, -0.15) is 0 Å². The van der Waals surface area contributed by atoms with Crippen LogP contribution in [0, 0.1) is 0 Å². The third-order valence-corrected chi connectivity index (χ3v) is 3.43. The van der Waals surface area contributed by atoms with Gasteiger partial charge < -0.3 is 9.64 Å². The molecule has 1 amide bonds. The number of halogens is 2. The Kier molecular flexibility index (Phi) is 7.23. The first kappa shape index (κ1) is 17.2. The lowest BCUT2D eigenvalue weighted by Gasteiger charge is -2.21. The lowest BCUT2D eigenvalue weighted by Crippen LogP contribution is -2.37. The van der Waals surface area contributed by atoms with Crippen molar-refractivity contribution in [3.05, 3.63) is 32.7 Å². The summed E-state index contributed by atoms with van der Waals surface area (Å²) in [4.78, 5) is 25.5. The van der Waals surface area contributed by atoms with Crippen LogP contribution in [0.3, 0.4) is 0 Å². The van der Waals surface area contributed by atoms with E-state index >= 15 is 0 Å².